The predicted molar refractivity (Wildman–Crippen MR) is 51.7 cm³/mol. The number of aliphatic hydroxyl groups is 1. The van der Waals surface area contributed by atoms with E-state index in [2.05, 4.69) is 10.2 Å². The maximum Gasteiger partial charge on any atom is 0.122 e. The number of aromatic nitrogens is 2. The Balaban J connectivity index is 2.11. The first-order valence-electron chi connectivity index (χ1n) is 4.82. The van der Waals surface area contributed by atoms with E-state index in [0.29, 0.717) is 0 Å². The van der Waals surface area contributed by atoms with E-state index in [9.17, 15) is 5.11 Å². The normalized spacial score (nSPS) is 29.9. The van der Waals surface area contributed by atoms with Crippen LogP contribution >= 0.6 is 11.3 Å². The Morgan fingerprint density at radius 1 is 1.31 bits per heavy atom. The van der Waals surface area contributed by atoms with Crippen molar-refractivity contribution in [3.63, 3.8) is 0 Å². The molecule has 0 saturated heterocycles. The highest BCUT2D eigenvalue weighted by molar-refractivity contribution is 7.09. The van der Waals surface area contributed by atoms with Gasteiger partial charge in [-0.3, -0.25) is 0 Å². The lowest BCUT2D eigenvalue weighted by Crippen LogP contribution is -2.16. The maximum absolute atomic E-state index is 9.86. The van der Waals surface area contributed by atoms with Gasteiger partial charge in [0.1, 0.15) is 10.5 Å². The van der Waals surface area contributed by atoms with Crippen molar-refractivity contribution < 1.29 is 5.11 Å². The Bertz CT molecular complexity index is 250. The number of aliphatic hydroxyl groups excluding tert-OH is 1. The van der Waals surface area contributed by atoms with Crippen molar-refractivity contribution in [2.45, 2.75) is 44.1 Å². The molecule has 0 unspecified atom stereocenters. The molecule has 4 heteroatoms. The van der Waals surface area contributed by atoms with Gasteiger partial charge in [0.25, 0.3) is 0 Å². The van der Waals surface area contributed by atoms with Crippen molar-refractivity contribution in [1.82, 2.24) is 10.2 Å². The quantitative estimate of drug-likeness (QED) is 0.701. The van der Waals surface area contributed by atoms with Crippen molar-refractivity contribution in [2.24, 2.45) is 0 Å². The largest absolute Gasteiger partial charge is 0.392 e. The van der Waals surface area contributed by atoms with Crippen molar-refractivity contribution in [3.8, 4) is 0 Å². The molecule has 2 atom stereocenters. The molecule has 1 aliphatic rings. The molecule has 1 aromatic heterocycles. The zero-order chi connectivity index (χ0) is 9.10. The van der Waals surface area contributed by atoms with Gasteiger partial charge in [0.05, 0.1) is 6.10 Å². The van der Waals surface area contributed by atoms with Crippen LogP contribution in [0.3, 0.4) is 0 Å². The highest BCUT2D eigenvalue weighted by atomic mass is 32.1. The molecule has 0 bridgehead atoms. The first-order valence-corrected chi connectivity index (χ1v) is 5.70. The summed E-state index contributed by atoms with van der Waals surface area (Å²) in [6.45, 7) is 0. The maximum atomic E-state index is 9.86. The second-order valence-electron chi connectivity index (χ2n) is 3.59. The van der Waals surface area contributed by atoms with Gasteiger partial charge in [-0.1, -0.05) is 19.3 Å². The fourth-order valence-corrected chi connectivity index (χ4v) is 2.67. The third kappa shape index (κ3) is 2.06. The van der Waals surface area contributed by atoms with Crippen LogP contribution in [-0.4, -0.2) is 21.4 Å². The van der Waals surface area contributed by atoms with Crippen LogP contribution < -0.4 is 0 Å². The van der Waals surface area contributed by atoms with Crippen LogP contribution in [0.5, 0.6) is 0 Å². The molecule has 3 nitrogen and oxygen atoms in total. The lowest BCUT2D eigenvalue weighted by atomic mass is 9.98. The number of hydrogen-bond acceptors (Lipinski definition) is 4. The highest BCUT2D eigenvalue weighted by Crippen LogP contribution is 2.32. The summed E-state index contributed by atoms with van der Waals surface area (Å²) >= 11 is 1.56. The van der Waals surface area contributed by atoms with E-state index in [-0.39, 0.29) is 12.0 Å². The molecule has 1 aromatic rings. The Morgan fingerprint density at radius 3 is 2.92 bits per heavy atom. The van der Waals surface area contributed by atoms with Gasteiger partial charge in [0.2, 0.25) is 0 Å². The average Bonchev–Trinajstić information content (AvgIpc) is 2.56. The van der Waals surface area contributed by atoms with Crippen molar-refractivity contribution in [1.29, 1.82) is 0 Å². The van der Waals surface area contributed by atoms with Crippen LogP contribution in [0, 0.1) is 0 Å². The molecule has 1 aliphatic carbocycles. The fourth-order valence-electron chi connectivity index (χ4n) is 1.92. The molecule has 13 heavy (non-hydrogen) atoms. The lowest BCUT2D eigenvalue weighted by Gasteiger charge is -2.16. The van der Waals surface area contributed by atoms with Crippen molar-refractivity contribution >= 4 is 11.3 Å². The zero-order valence-corrected chi connectivity index (χ0v) is 8.33. The molecule has 72 valence electrons. The van der Waals surface area contributed by atoms with Crippen LogP contribution in [-0.2, 0) is 0 Å². The predicted octanol–water partition coefficient (Wildman–Crippen LogP) is 1.95. The number of nitrogens with zero attached hydrogens (tertiary/aromatic N) is 2. The first kappa shape index (κ1) is 9.09. The fraction of sp³-hybridized carbons (Fsp3) is 0.778. The standard InChI is InChI=1S/C9H14N2OS/c12-8-5-3-1-2-4-7(8)9-11-10-6-13-9/h6-8,12H,1-5H2/t7-,8-/m1/s1. The third-order valence-electron chi connectivity index (χ3n) is 2.67. The minimum Gasteiger partial charge on any atom is -0.392 e. The lowest BCUT2D eigenvalue weighted by molar-refractivity contribution is 0.135. The van der Waals surface area contributed by atoms with Gasteiger partial charge in [0, 0.05) is 5.92 Å². The summed E-state index contributed by atoms with van der Waals surface area (Å²) in [6, 6.07) is 0. The molecule has 1 heterocycles. The SMILES string of the molecule is O[C@@H]1CCCCC[C@H]1c1nncs1. The van der Waals surface area contributed by atoms with Gasteiger partial charge in [-0.15, -0.1) is 21.5 Å². The van der Waals surface area contributed by atoms with E-state index in [0.717, 1.165) is 24.3 Å². The monoisotopic (exact) mass is 198 g/mol. The van der Waals surface area contributed by atoms with Gasteiger partial charge in [-0.25, -0.2) is 0 Å². The van der Waals surface area contributed by atoms with Crippen LogP contribution in [0.4, 0.5) is 0 Å². The summed E-state index contributed by atoms with van der Waals surface area (Å²) in [7, 11) is 0. The second kappa shape index (κ2) is 4.15. The van der Waals surface area contributed by atoms with Crippen LogP contribution in [0.2, 0.25) is 0 Å². The summed E-state index contributed by atoms with van der Waals surface area (Å²) in [6.07, 6.45) is 5.39. The second-order valence-corrected chi connectivity index (χ2v) is 4.45. The Morgan fingerprint density at radius 2 is 2.15 bits per heavy atom. The number of rotatable bonds is 1. The smallest absolute Gasteiger partial charge is 0.122 e. The van der Waals surface area contributed by atoms with E-state index in [1.807, 2.05) is 0 Å². The minimum absolute atomic E-state index is 0.199. The average molecular weight is 198 g/mol. The molecule has 1 fully saturated rings. The summed E-state index contributed by atoms with van der Waals surface area (Å²) in [4.78, 5) is 0. The molecule has 2 rings (SSSR count). The Hall–Kier alpha value is -0.480. The molecule has 0 aliphatic heterocycles. The molecular weight excluding hydrogens is 184 g/mol. The number of hydrogen-bond donors (Lipinski definition) is 1. The molecule has 0 amide bonds. The van der Waals surface area contributed by atoms with E-state index < -0.39 is 0 Å². The van der Waals surface area contributed by atoms with E-state index >= 15 is 0 Å². The zero-order valence-electron chi connectivity index (χ0n) is 7.52. The van der Waals surface area contributed by atoms with E-state index in [1.165, 1.54) is 12.8 Å². The van der Waals surface area contributed by atoms with Crippen LogP contribution in [0.1, 0.15) is 43.0 Å². The summed E-state index contributed by atoms with van der Waals surface area (Å²) in [5.41, 5.74) is 1.74. The molecule has 1 N–H and O–H groups in total. The van der Waals surface area contributed by atoms with Gasteiger partial charge >= 0.3 is 0 Å². The topological polar surface area (TPSA) is 46.0 Å². The van der Waals surface area contributed by atoms with Crippen molar-refractivity contribution in [3.05, 3.63) is 10.5 Å². The molecule has 0 aromatic carbocycles. The Labute approximate surface area is 81.8 Å². The third-order valence-corrected chi connectivity index (χ3v) is 3.50. The minimum atomic E-state index is -0.199. The van der Waals surface area contributed by atoms with Gasteiger partial charge in [-0.05, 0) is 12.8 Å². The molecule has 0 spiro atoms. The van der Waals surface area contributed by atoms with Gasteiger partial charge in [-0.2, -0.15) is 0 Å². The molecule has 1 saturated carbocycles. The van der Waals surface area contributed by atoms with E-state index in [4.69, 9.17) is 0 Å². The first-order chi connectivity index (χ1) is 6.38. The Kier molecular flexibility index (Phi) is 2.90. The van der Waals surface area contributed by atoms with Crippen LogP contribution in [0.15, 0.2) is 5.51 Å². The van der Waals surface area contributed by atoms with E-state index in [1.54, 1.807) is 16.8 Å². The highest BCUT2D eigenvalue weighted by Gasteiger charge is 2.25. The summed E-state index contributed by atoms with van der Waals surface area (Å²) in [5.74, 6) is 0.245. The molecule has 0 radical (unpaired) electrons. The van der Waals surface area contributed by atoms with Crippen molar-refractivity contribution in [2.75, 3.05) is 0 Å². The summed E-state index contributed by atoms with van der Waals surface area (Å²) in [5, 5.41) is 18.7. The molecular formula is C9H14N2OS. The summed E-state index contributed by atoms with van der Waals surface area (Å²) < 4.78 is 0. The van der Waals surface area contributed by atoms with Crippen LogP contribution in [0.25, 0.3) is 0 Å². The van der Waals surface area contributed by atoms with Gasteiger partial charge < -0.3 is 5.11 Å². The van der Waals surface area contributed by atoms with Gasteiger partial charge in [0.15, 0.2) is 0 Å².